The predicted octanol–water partition coefficient (Wildman–Crippen LogP) is 3.73. The Morgan fingerprint density at radius 2 is 2.00 bits per heavy atom. The lowest BCUT2D eigenvalue weighted by atomic mass is 10.0. The molecule has 5 heteroatoms. The topological polar surface area (TPSA) is 38.1 Å². The minimum Gasteiger partial charge on any atom is -0.307 e. The predicted molar refractivity (Wildman–Crippen MR) is 86.1 cm³/mol. The Morgan fingerprint density at radius 3 is 2.83 bits per heavy atom. The van der Waals surface area contributed by atoms with Gasteiger partial charge in [-0.25, -0.2) is 4.39 Å². The molecule has 0 radical (unpaired) electrons. The van der Waals surface area contributed by atoms with Crippen molar-refractivity contribution in [3.63, 3.8) is 0 Å². The molecule has 4 rings (SSSR count). The van der Waals surface area contributed by atoms with E-state index in [1.54, 1.807) is 17.0 Å². The van der Waals surface area contributed by atoms with E-state index in [4.69, 9.17) is 0 Å². The highest BCUT2D eigenvalue weighted by molar-refractivity contribution is 6.05. The first-order valence-corrected chi connectivity index (χ1v) is 8.38. The Morgan fingerprint density at radius 1 is 1.17 bits per heavy atom. The molecule has 23 heavy (non-hydrogen) atoms. The SMILES string of the molecule is O=C(c1ccn(C2CCCC2)n1)N1CCCc2cc(F)ccc21. The Hall–Kier alpha value is -2.17. The summed E-state index contributed by atoms with van der Waals surface area (Å²) in [4.78, 5) is 14.6. The van der Waals surface area contributed by atoms with Gasteiger partial charge in [-0.3, -0.25) is 9.48 Å². The standard InChI is InChI=1S/C18H20FN3O/c19-14-7-8-17-13(12-14)4-3-10-21(17)18(23)16-9-11-22(20-16)15-5-1-2-6-15/h7-9,11-12,15H,1-6,10H2. The van der Waals surface area contributed by atoms with E-state index in [-0.39, 0.29) is 11.7 Å². The van der Waals surface area contributed by atoms with Gasteiger partial charge in [0, 0.05) is 18.4 Å². The van der Waals surface area contributed by atoms with Crippen molar-refractivity contribution in [3.05, 3.63) is 47.5 Å². The molecule has 0 spiro atoms. The summed E-state index contributed by atoms with van der Waals surface area (Å²) in [5.74, 6) is -0.335. The Labute approximate surface area is 134 Å². The van der Waals surface area contributed by atoms with Crippen LogP contribution in [-0.2, 0) is 6.42 Å². The van der Waals surface area contributed by atoms with Crippen LogP contribution in [0.1, 0.15) is 54.2 Å². The molecule has 0 unspecified atom stereocenters. The van der Waals surface area contributed by atoms with Gasteiger partial charge in [-0.05, 0) is 55.5 Å². The van der Waals surface area contributed by atoms with Crippen molar-refractivity contribution in [1.29, 1.82) is 0 Å². The van der Waals surface area contributed by atoms with E-state index in [2.05, 4.69) is 5.10 Å². The van der Waals surface area contributed by atoms with Gasteiger partial charge >= 0.3 is 0 Å². The second-order valence-electron chi connectivity index (χ2n) is 6.45. The number of anilines is 1. The van der Waals surface area contributed by atoms with Gasteiger partial charge < -0.3 is 4.90 Å². The fraction of sp³-hybridized carbons (Fsp3) is 0.444. The zero-order valence-corrected chi connectivity index (χ0v) is 13.0. The summed E-state index contributed by atoms with van der Waals surface area (Å²) in [6.07, 6.45) is 8.33. The van der Waals surface area contributed by atoms with Crippen LogP contribution in [0.15, 0.2) is 30.5 Å². The minimum absolute atomic E-state index is 0.0886. The van der Waals surface area contributed by atoms with Crippen molar-refractivity contribution >= 4 is 11.6 Å². The summed E-state index contributed by atoms with van der Waals surface area (Å²) < 4.78 is 15.3. The maximum absolute atomic E-state index is 13.4. The molecule has 1 amide bonds. The summed E-state index contributed by atoms with van der Waals surface area (Å²) in [5.41, 5.74) is 2.20. The third kappa shape index (κ3) is 2.64. The highest BCUT2D eigenvalue weighted by Crippen LogP contribution is 2.30. The first-order valence-electron chi connectivity index (χ1n) is 8.38. The monoisotopic (exact) mass is 313 g/mol. The largest absolute Gasteiger partial charge is 0.307 e. The van der Waals surface area contributed by atoms with Crippen molar-refractivity contribution < 1.29 is 9.18 Å². The summed E-state index contributed by atoms with van der Waals surface area (Å²) >= 11 is 0. The number of nitrogens with zero attached hydrogens (tertiary/aromatic N) is 3. The van der Waals surface area contributed by atoms with Crippen LogP contribution < -0.4 is 4.90 Å². The summed E-state index contributed by atoms with van der Waals surface area (Å²) in [6, 6.07) is 6.89. The number of fused-ring (bicyclic) bond motifs is 1. The smallest absolute Gasteiger partial charge is 0.278 e. The molecule has 0 bridgehead atoms. The molecule has 0 atom stereocenters. The van der Waals surface area contributed by atoms with Gasteiger partial charge in [-0.15, -0.1) is 0 Å². The molecule has 1 aliphatic carbocycles. The molecule has 1 aromatic carbocycles. The minimum atomic E-state index is -0.247. The van der Waals surface area contributed by atoms with E-state index in [1.807, 2.05) is 10.9 Å². The molecule has 1 aliphatic heterocycles. The highest BCUT2D eigenvalue weighted by atomic mass is 19.1. The average molecular weight is 313 g/mol. The molecule has 2 heterocycles. The number of hydrogen-bond donors (Lipinski definition) is 0. The number of rotatable bonds is 2. The van der Waals surface area contributed by atoms with E-state index in [0.29, 0.717) is 18.3 Å². The quantitative estimate of drug-likeness (QED) is 0.847. The van der Waals surface area contributed by atoms with Crippen LogP contribution in [0.25, 0.3) is 0 Å². The van der Waals surface area contributed by atoms with E-state index in [1.165, 1.54) is 25.0 Å². The van der Waals surface area contributed by atoms with Crippen LogP contribution in [-0.4, -0.2) is 22.2 Å². The van der Waals surface area contributed by atoms with Crippen LogP contribution in [0.5, 0.6) is 0 Å². The van der Waals surface area contributed by atoms with Gasteiger partial charge in [0.1, 0.15) is 5.82 Å². The Kier molecular flexibility index (Phi) is 3.63. The maximum atomic E-state index is 13.4. The first-order chi connectivity index (χ1) is 11.2. The number of halogens is 1. The number of carbonyl (C=O) groups excluding carboxylic acids is 1. The van der Waals surface area contributed by atoms with E-state index >= 15 is 0 Å². The van der Waals surface area contributed by atoms with Crippen LogP contribution in [0.4, 0.5) is 10.1 Å². The van der Waals surface area contributed by atoms with Gasteiger partial charge in [-0.2, -0.15) is 5.10 Å². The molecule has 120 valence electrons. The number of carbonyl (C=O) groups is 1. The first kappa shape index (κ1) is 14.4. The van der Waals surface area contributed by atoms with Gasteiger partial charge in [0.15, 0.2) is 5.69 Å². The Balaban J connectivity index is 1.60. The van der Waals surface area contributed by atoms with Crippen molar-refractivity contribution in [2.24, 2.45) is 0 Å². The normalized spacial score (nSPS) is 18.2. The second-order valence-corrected chi connectivity index (χ2v) is 6.45. The van der Waals surface area contributed by atoms with E-state index < -0.39 is 0 Å². The van der Waals surface area contributed by atoms with Crippen molar-refractivity contribution in [3.8, 4) is 0 Å². The molecule has 2 aromatic rings. The molecule has 4 nitrogen and oxygen atoms in total. The van der Waals surface area contributed by atoms with Crippen LogP contribution in [0, 0.1) is 5.82 Å². The second kappa shape index (κ2) is 5.80. The van der Waals surface area contributed by atoms with Crippen LogP contribution in [0.3, 0.4) is 0 Å². The number of benzene rings is 1. The molecule has 1 fully saturated rings. The molecule has 0 saturated heterocycles. The molecular weight excluding hydrogens is 293 g/mol. The molecule has 2 aliphatic rings. The molecule has 1 aromatic heterocycles. The zero-order chi connectivity index (χ0) is 15.8. The number of amides is 1. The number of aryl methyl sites for hydroxylation is 1. The molecule has 1 saturated carbocycles. The lowest BCUT2D eigenvalue weighted by Crippen LogP contribution is -2.35. The van der Waals surface area contributed by atoms with Crippen LogP contribution >= 0.6 is 0 Å². The number of aromatic nitrogens is 2. The zero-order valence-electron chi connectivity index (χ0n) is 13.0. The van der Waals surface area contributed by atoms with E-state index in [0.717, 1.165) is 36.9 Å². The van der Waals surface area contributed by atoms with Crippen molar-refractivity contribution in [2.75, 3.05) is 11.4 Å². The third-order valence-electron chi connectivity index (χ3n) is 4.93. The Bertz CT molecular complexity index is 734. The van der Waals surface area contributed by atoms with Gasteiger partial charge in [0.05, 0.1) is 6.04 Å². The summed E-state index contributed by atoms with van der Waals surface area (Å²) in [5, 5.41) is 4.51. The van der Waals surface area contributed by atoms with Crippen LogP contribution in [0.2, 0.25) is 0 Å². The molecular formula is C18H20FN3O. The fourth-order valence-electron chi connectivity index (χ4n) is 3.74. The summed E-state index contributed by atoms with van der Waals surface area (Å²) in [7, 11) is 0. The molecule has 0 N–H and O–H groups in total. The van der Waals surface area contributed by atoms with Gasteiger partial charge in [0.2, 0.25) is 0 Å². The van der Waals surface area contributed by atoms with Gasteiger partial charge in [-0.1, -0.05) is 12.8 Å². The lowest BCUT2D eigenvalue weighted by molar-refractivity contribution is 0.0979. The average Bonchev–Trinajstić information content (AvgIpc) is 3.24. The van der Waals surface area contributed by atoms with Gasteiger partial charge in [0.25, 0.3) is 5.91 Å². The van der Waals surface area contributed by atoms with Crippen molar-refractivity contribution in [2.45, 2.75) is 44.6 Å². The lowest BCUT2D eigenvalue weighted by Gasteiger charge is -2.29. The highest BCUT2D eigenvalue weighted by Gasteiger charge is 2.26. The van der Waals surface area contributed by atoms with Crippen molar-refractivity contribution in [1.82, 2.24) is 9.78 Å². The summed E-state index contributed by atoms with van der Waals surface area (Å²) in [6.45, 7) is 0.660. The van der Waals surface area contributed by atoms with E-state index in [9.17, 15) is 9.18 Å². The third-order valence-corrected chi connectivity index (χ3v) is 4.93. The fourth-order valence-corrected chi connectivity index (χ4v) is 3.74. The number of hydrogen-bond acceptors (Lipinski definition) is 2. The maximum Gasteiger partial charge on any atom is 0.278 e.